The number of Topliss-reactive ketones (excluding diaryl/α,β-unsaturated/α-hetero) is 1. The van der Waals surface area contributed by atoms with E-state index >= 15 is 0 Å². The quantitative estimate of drug-likeness (QED) is 0.742. The van der Waals surface area contributed by atoms with E-state index in [1.165, 1.54) is 0 Å². The third-order valence-corrected chi connectivity index (χ3v) is 3.17. The molecule has 100 valence electrons. The fraction of sp³-hybridized carbons (Fsp3) is 0.312. The Morgan fingerprint density at radius 2 is 1.95 bits per heavy atom. The highest BCUT2D eigenvalue weighted by Crippen LogP contribution is 2.16. The summed E-state index contributed by atoms with van der Waals surface area (Å²) in [6.45, 7) is 1.99. The molecule has 1 aromatic heterocycles. The number of ketones is 1. The van der Waals surface area contributed by atoms with Crippen LogP contribution in [0.25, 0.3) is 0 Å². The smallest absolute Gasteiger partial charge is 0.166 e. The van der Waals surface area contributed by atoms with E-state index in [0.29, 0.717) is 6.42 Å². The number of aryl methyl sites for hydroxylation is 2. The van der Waals surface area contributed by atoms with E-state index < -0.39 is 0 Å². The molecule has 0 aliphatic carbocycles. The van der Waals surface area contributed by atoms with Gasteiger partial charge in [-0.3, -0.25) is 4.79 Å². The summed E-state index contributed by atoms with van der Waals surface area (Å²) >= 11 is 0. The maximum absolute atomic E-state index is 12.1. The van der Waals surface area contributed by atoms with E-state index in [4.69, 9.17) is 9.15 Å². The molecule has 2 aromatic rings. The predicted octanol–water partition coefficient (Wildman–Crippen LogP) is 3.67. The lowest BCUT2D eigenvalue weighted by Crippen LogP contribution is -2.02. The fourth-order valence-corrected chi connectivity index (χ4v) is 2.05. The number of rotatable bonds is 6. The minimum Gasteiger partial charge on any atom is -0.497 e. The van der Waals surface area contributed by atoms with Crippen molar-refractivity contribution < 1.29 is 13.9 Å². The molecule has 3 heteroatoms. The molecule has 3 nitrogen and oxygen atoms in total. The Morgan fingerprint density at radius 3 is 2.58 bits per heavy atom. The molecule has 0 spiro atoms. The maximum Gasteiger partial charge on any atom is 0.166 e. The summed E-state index contributed by atoms with van der Waals surface area (Å²) in [5.41, 5.74) is 1.85. The largest absolute Gasteiger partial charge is 0.497 e. The van der Waals surface area contributed by atoms with Gasteiger partial charge < -0.3 is 9.15 Å². The van der Waals surface area contributed by atoms with Crippen molar-refractivity contribution in [3.8, 4) is 5.75 Å². The zero-order valence-corrected chi connectivity index (χ0v) is 11.3. The molecule has 0 amide bonds. The van der Waals surface area contributed by atoms with Gasteiger partial charge in [0.15, 0.2) is 5.78 Å². The first kappa shape index (κ1) is 13.4. The number of benzene rings is 1. The fourth-order valence-electron chi connectivity index (χ4n) is 2.05. The second kappa shape index (κ2) is 6.23. The van der Waals surface area contributed by atoms with E-state index in [0.717, 1.165) is 35.5 Å². The molecule has 0 atom stereocenters. The number of hydrogen-bond donors (Lipinski definition) is 0. The van der Waals surface area contributed by atoms with Crippen molar-refractivity contribution in [2.45, 2.75) is 26.2 Å². The number of hydrogen-bond acceptors (Lipinski definition) is 3. The van der Waals surface area contributed by atoms with Gasteiger partial charge in [0.2, 0.25) is 0 Å². The van der Waals surface area contributed by atoms with Gasteiger partial charge in [-0.2, -0.15) is 0 Å². The van der Waals surface area contributed by atoms with E-state index in [1.54, 1.807) is 19.4 Å². The Kier molecular flexibility index (Phi) is 4.39. The third-order valence-electron chi connectivity index (χ3n) is 3.17. The standard InChI is InChI=1S/C16H18O3/c1-3-16-14(10-11-19-16)15(17)9-6-12-4-7-13(18-2)8-5-12/h4-5,7-8,10-11H,3,6,9H2,1-2H3. The lowest BCUT2D eigenvalue weighted by atomic mass is 10.0. The number of carbonyl (C=O) groups excluding carboxylic acids is 1. The highest BCUT2D eigenvalue weighted by molar-refractivity contribution is 5.97. The van der Waals surface area contributed by atoms with Crippen molar-refractivity contribution in [1.29, 1.82) is 0 Å². The van der Waals surface area contributed by atoms with Crippen molar-refractivity contribution >= 4 is 5.78 Å². The van der Waals surface area contributed by atoms with Crippen LogP contribution < -0.4 is 4.74 Å². The Balaban J connectivity index is 1.96. The summed E-state index contributed by atoms with van der Waals surface area (Å²) in [4.78, 5) is 12.1. The third kappa shape index (κ3) is 3.25. The second-order valence-corrected chi connectivity index (χ2v) is 4.38. The normalized spacial score (nSPS) is 10.4. The van der Waals surface area contributed by atoms with Gasteiger partial charge in [-0.05, 0) is 30.2 Å². The van der Waals surface area contributed by atoms with Gasteiger partial charge in [0.1, 0.15) is 11.5 Å². The van der Waals surface area contributed by atoms with Crippen LogP contribution in [0.3, 0.4) is 0 Å². The summed E-state index contributed by atoms with van der Waals surface area (Å²) in [6, 6.07) is 9.56. The van der Waals surface area contributed by atoms with E-state index in [2.05, 4.69) is 0 Å². The zero-order valence-electron chi connectivity index (χ0n) is 11.3. The molecule has 0 aliphatic heterocycles. The molecule has 0 saturated heterocycles. The van der Waals surface area contributed by atoms with Gasteiger partial charge in [-0.25, -0.2) is 0 Å². The van der Waals surface area contributed by atoms with Crippen LogP contribution in [0.4, 0.5) is 0 Å². The second-order valence-electron chi connectivity index (χ2n) is 4.38. The van der Waals surface area contributed by atoms with Crippen LogP contribution in [0.2, 0.25) is 0 Å². The predicted molar refractivity (Wildman–Crippen MR) is 73.7 cm³/mol. The summed E-state index contributed by atoms with van der Waals surface area (Å²) in [5, 5.41) is 0. The highest BCUT2D eigenvalue weighted by Gasteiger charge is 2.12. The first-order chi connectivity index (χ1) is 9.24. The Hall–Kier alpha value is -2.03. The molecule has 2 rings (SSSR count). The van der Waals surface area contributed by atoms with Gasteiger partial charge in [-0.1, -0.05) is 19.1 Å². The molecule has 0 fully saturated rings. The molecule has 0 N–H and O–H groups in total. The van der Waals surface area contributed by atoms with Crippen LogP contribution in [-0.2, 0) is 12.8 Å². The maximum atomic E-state index is 12.1. The molecule has 0 bridgehead atoms. The van der Waals surface area contributed by atoms with Gasteiger partial charge in [0.25, 0.3) is 0 Å². The van der Waals surface area contributed by atoms with Gasteiger partial charge in [0.05, 0.1) is 18.9 Å². The summed E-state index contributed by atoms with van der Waals surface area (Å²) in [7, 11) is 1.64. The van der Waals surface area contributed by atoms with Crippen molar-refractivity contribution in [3.63, 3.8) is 0 Å². The van der Waals surface area contributed by atoms with Crippen LogP contribution in [0.15, 0.2) is 41.0 Å². The average Bonchev–Trinajstić information content (AvgIpc) is 2.93. The molecule has 1 heterocycles. The SMILES string of the molecule is CCc1occc1C(=O)CCc1ccc(OC)cc1. The van der Waals surface area contributed by atoms with Crippen molar-refractivity contribution in [1.82, 2.24) is 0 Å². The zero-order chi connectivity index (χ0) is 13.7. The first-order valence-electron chi connectivity index (χ1n) is 6.47. The molecular formula is C16H18O3. The Morgan fingerprint density at radius 1 is 1.21 bits per heavy atom. The topological polar surface area (TPSA) is 39.4 Å². The lowest BCUT2D eigenvalue weighted by molar-refractivity contribution is 0.0981. The van der Waals surface area contributed by atoms with Crippen LogP contribution in [0.5, 0.6) is 5.75 Å². The van der Waals surface area contributed by atoms with Gasteiger partial charge in [-0.15, -0.1) is 0 Å². The lowest BCUT2D eigenvalue weighted by Gasteiger charge is -2.03. The van der Waals surface area contributed by atoms with Crippen molar-refractivity contribution in [2.24, 2.45) is 0 Å². The number of methoxy groups -OCH3 is 1. The van der Waals surface area contributed by atoms with Gasteiger partial charge >= 0.3 is 0 Å². The van der Waals surface area contributed by atoms with Crippen molar-refractivity contribution in [3.05, 3.63) is 53.5 Å². The number of carbonyl (C=O) groups is 1. The molecule has 0 radical (unpaired) electrons. The molecule has 19 heavy (non-hydrogen) atoms. The monoisotopic (exact) mass is 258 g/mol. The summed E-state index contributed by atoms with van der Waals surface area (Å²) in [5.74, 6) is 1.75. The number of furan rings is 1. The first-order valence-corrected chi connectivity index (χ1v) is 6.47. The van der Waals surface area contributed by atoms with Crippen LogP contribution in [0.1, 0.15) is 35.0 Å². The van der Waals surface area contributed by atoms with E-state index in [9.17, 15) is 4.79 Å². The van der Waals surface area contributed by atoms with Crippen molar-refractivity contribution in [2.75, 3.05) is 7.11 Å². The summed E-state index contributed by atoms with van der Waals surface area (Å²) in [6.07, 6.45) is 3.56. The molecular weight excluding hydrogens is 240 g/mol. The highest BCUT2D eigenvalue weighted by atomic mass is 16.5. The van der Waals surface area contributed by atoms with Crippen LogP contribution in [-0.4, -0.2) is 12.9 Å². The Labute approximate surface area is 113 Å². The van der Waals surface area contributed by atoms with Gasteiger partial charge in [0, 0.05) is 12.8 Å². The molecule has 0 unspecified atom stereocenters. The van der Waals surface area contributed by atoms with Crippen LogP contribution >= 0.6 is 0 Å². The van der Waals surface area contributed by atoms with E-state index in [1.807, 2.05) is 31.2 Å². The summed E-state index contributed by atoms with van der Waals surface area (Å²) < 4.78 is 10.4. The molecule has 0 aliphatic rings. The van der Waals surface area contributed by atoms with E-state index in [-0.39, 0.29) is 5.78 Å². The molecule has 1 aromatic carbocycles. The minimum atomic E-state index is 0.140. The Bertz CT molecular complexity index is 537. The average molecular weight is 258 g/mol. The number of ether oxygens (including phenoxy) is 1. The molecule has 0 saturated carbocycles. The minimum absolute atomic E-state index is 0.140. The van der Waals surface area contributed by atoms with Crippen LogP contribution in [0, 0.1) is 0 Å².